The van der Waals surface area contributed by atoms with Crippen LogP contribution in [-0.2, 0) is 15.5 Å². The minimum absolute atomic E-state index is 0.0596. The Morgan fingerprint density at radius 1 is 1.21 bits per heavy atom. The van der Waals surface area contributed by atoms with Gasteiger partial charge in [0.25, 0.3) is 5.91 Å². The third-order valence-electron chi connectivity index (χ3n) is 3.00. The van der Waals surface area contributed by atoms with Crippen molar-refractivity contribution in [1.29, 1.82) is 0 Å². The molecular weight excluding hydrogens is 290 g/mol. The van der Waals surface area contributed by atoms with Gasteiger partial charge in [0.1, 0.15) is 5.78 Å². The van der Waals surface area contributed by atoms with Crippen LogP contribution >= 0.6 is 11.6 Å². The first kappa shape index (κ1) is 14.0. The zero-order valence-corrected chi connectivity index (χ0v) is 11.6. The van der Waals surface area contributed by atoms with Crippen molar-refractivity contribution in [2.24, 2.45) is 0 Å². The van der Waals surface area contributed by atoms with E-state index in [1.807, 2.05) is 0 Å². The summed E-state index contributed by atoms with van der Waals surface area (Å²) in [7, 11) is -2.84. The van der Waals surface area contributed by atoms with Crippen molar-refractivity contribution >= 4 is 34.0 Å². The summed E-state index contributed by atoms with van der Waals surface area (Å²) in [6, 6.07) is 4.15. The van der Waals surface area contributed by atoms with E-state index in [-0.39, 0.29) is 27.2 Å². The number of hydrogen-bond acceptors (Lipinski definition) is 4. The minimum Gasteiger partial charge on any atom is -0.338 e. The molecule has 0 N–H and O–H groups in total. The van der Waals surface area contributed by atoms with Crippen LogP contribution in [0, 0.1) is 0 Å². The van der Waals surface area contributed by atoms with Gasteiger partial charge in [-0.3, -0.25) is 9.59 Å². The molecule has 0 saturated carbocycles. The van der Waals surface area contributed by atoms with E-state index in [0.29, 0.717) is 25.9 Å². The van der Waals surface area contributed by atoms with Gasteiger partial charge in [-0.25, -0.2) is 8.42 Å². The summed E-state index contributed by atoms with van der Waals surface area (Å²) >= 11 is 5.75. The van der Waals surface area contributed by atoms with Crippen molar-refractivity contribution in [2.75, 3.05) is 13.1 Å². The molecule has 1 aliphatic heterocycles. The number of benzene rings is 1. The molecule has 0 unspecified atom stereocenters. The van der Waals surface area contributed by atoms with Gasteiger partial charge in [0.2, 0.25) is 0 Å². The lowest BCUT2D eigenvalue weighted by atomic mass is 10.1. The number of Topliss-reactive ketones (excluding diaryl/α,β-unsaturated/α-hetero) is 1. The SMILES string of the molecule is O=C1CCN(C(=O)c2ccc(Cl)c([SH](=O)=O)c2)CC1. The Kier molecular flexibility index (Phi) is 4.21. The zero-order chi connectivity index (χ0) is 14.0. The fraction of sp³-hybridized carbons (Fsp3) is 0.333. The van der Waals surface area contributed by atoms with Crippen molar-refractivity contribution < 1.29 is 18.0 Å². The topological polar surface area (TPSA) is 71.5 Å². The Hall–Kier alpha value is -1.40. The number of carbonyl (C=O) groups is 2. The highest BCUT2D eigenvalue weighted by Gasteiger charge is 2.22. The summed E-state index contributed by atoms with van der Waals surface area (Å²) in [4.78, 5) is 24.8. The number of likely N-dealkylation sites (tertiary alicyclic amines) is 1. The lowest BCUT2D eigenvalue weighted by Crippen LogP contribution is -2.38. The van der Waals surface area contributed by atoms with E-state index >= 15 is 0 Å². The van der Waals surface area contributed by atoms with Crippen LogP contribution in [-0.4, -0.2) is 38.1 Å². The average molecular weight is 302 g/mol. The smallest absolute Gasteiger partial charge is 0.253 e. The van der Waals surface area contributed by atoms with Crippen LogP contribution in [0.1, 0.15) is 23.2 Å². The molecule has 0 bridgehead atoms. The highest BCUT2D eigenvalue weighted by molar-refractivity contribution is 7.72. The average Bonchev–Trinajstić information content (AvgIpc) is 2.39. The van der Waals surface area contributed by atoms with E-state index < -0.39 is 10.7 Å². The Morgan fingerprint density at radius 2 is 1.84 bits per heavy atom. The molecule has 1 fully saturated rings. The fourth-order valence-corrected chi connectivity index (χ4v) is 2.75. The largest absolute Gasteiger partial charge is 0.338 e. The van der Waals surface area contributed by atoms with E-state index in [0.717, 1.165) is 0 Å². The van der Waals surface area contributed by atoms with E-state index in [1.165, 1.54) is 18.2 Å². The number of hydrogen-bond donors (Lipinski definition) is 1. The highest BCUT2D eigenvalue weighted by atomic mass is 35.5. The van der Waals surface area contributed by atoms with Crippen LogP contribution in [0.25, 0.3) is 0 Å². The Balaban J connectivity index is 2.24. The molecule has 1 saturated heterocycles. The Bertz CT molecular complexity index is 594. The zero-order valence-electron chi connectivity index (χ0n) is 9.97. The van der Waals surface area contributed by atoms with E-state index in [1.54, 1.807) is 4.90 Å². The quantitative estimate of drug-likeness (QED) is 0.831. The van der Waals surface area contributed by atoms with Gasteiger partial charge < -0.3 is 4.90 Å². The van der Waals surface area contributed by atoms with Crippen LogP contribution in [0.5, 0.6) is 0 Å². The molecule has 1 amide bonds. The minimum atomic E-state index is -2.84. The molecule has 2 rings (SSSR count). The van der Waals surface area contributed by atoms with Crippen molar-refractivity contribution in [2.45, 2.75) is 17.7 Å². The number of amides is 1. The summed E-state index contributed by atoms with van der Waals surface area (Å²) in [5, 5.41) is 0.0986. The predicted octanol–water partition coefficient (Wildman–Crippen LogP) is 1.12. The van der Waals surface area contributed by atoms with Crippen molar-refractivity contribution in [3.05, 3.63) is 28.8 Å². The van der Waals surface area contributed by atoms with Gasteiger partial charge >= 0.3 is 0 Å². The highest BCUT2D eigenvalue weighted by Crippen LogP contribution is 2.20. The standard InChI is InChI=1S/C12H12ClNO4S/c13-10-2-1-8(7-11(10)19(17)18)12(16)14-5-3-9(15)4-6-14/h1-2,7,19H,3-6H2. The van der Waals surface area contributed by atoms with Gasteiger partial charge in [-0.2, -0.15) is 0 Å². The summed E-state index contributed by atoms with van der Waals surface area (Å²) in [6.07, 6.45) is 0.698. The molecule has 0 spiro atoms. The second kappa shape index (κ2) is 5.71. The Labute approximate surface area is 117 Å². The molecule has 19 heavy (non-hydrogen) atoms. The normalized spacial score (nSPS) is 15.9. The summed E-state index contributed by atoms with van der Waals surface area (Å²) in [5.41, 5.74) is 0.271. The third kappa shape index (κ3) is 3.13. The number of rotatable bonds is 2. The van der Waals surface area contributed by atoms with Crippen LogP contribution in [0.3, 0.4) is 0 Å². The van der Waals surface area contributed by atoms with Crippen molar-refractivity contribution in [1.82, 2.24) is 4.90 Å². The molecule has 1 heterocycles. The molecule has 1 aromatic rings. The number of ketones is 1. The maximum Gasteiger partial charge on any atom is 0.253 e. The first-order valence-electron chi connectivity index (χ1n) is 5.74. The number of carbonyl (C=O) groups excluding carboxylic acids is 2. The summed E-state index contributed by atoms with van der Waals surface area (Å²) < 4.78 is 22.0. The predicted molar refractivity (Wildman–Crippen MR) is 70.2 cm³/mol. The van der Waals surface area contributed by atoms with Crippen LogP contribution in [0.4, 0.5) is 0 Å². The van der Waals surface area contributed by atoms with E-state index in [9.17, 15) is 18.0 Å². The molecule has 7 heteroatoms. The maximum atomic E-state index is 12.2. The number of piperidine rings is 1. The lowest BCUT2D eigenvalue weighted by Gasteiger charge is -2.26. The lowest BCUT2D eigenvalue weighted by molar-refractivity contribution is -0.120. The molecular formula is C12H12ClNO4S. The van der Waals surface area contributed by atoms with Crippen LogP contribution < -0.4 is 0 Å². The molecule has 0 radical (unpaired) electrons. The first-order chi connectivity index (χ1) is 8.99. The van der Waals surface area contributed by atoms with Gasteiger partial charge in [0, 0.05) is 31.5 Å². The van der Waals surface area contributed by atoms with Gasteiger partial charge in [-0.05, 0) is 18.2 Å². The van der Waals surface area contributed by atoms with Gasteiger partial charge in [-0.1, -0.05) is 11.6 Å². The fourth-order valence-electron chi connectivity index (χ4n) is 1.93. The molecule has 1 aromatic carbocycles. The van der Waals surface area contributed by atoms with Gasteiger partial charge in [0.05, 0.1) is 9.92 Å². The summed E-state index contributed by atoms with van der Waals surface area (Å²) in [5.74, 6) is -0.134. The second-order valence-electron chi connectivity index (χ2n) is 4.25. The van der Waals surface area contributed by atoms with Crippen molar-refractivity contribution in [3.8, 4) is 0 Å². The van der Waals surface area contributed by atoms with Crippen LogP contribution in [0.15, 0.2) is 23.1 Å². The van der Waals surface area contributed by atoms with Gasteiger partial charge in [0.15, 0.2) is 10.7 Å². The molecule has 0 aliphatic carbocycles. The van der Waals surface area contributed by atoms with E-state index in [4.69, 9.17) is 11.6 Å². The molecule has 5 nitrogen and oxygen atoms in total. The monoisotopic (exact) mass is 301 g/mol. The molecule has 0 aromatic heterocycles. The second-order valence-corrected chi connectivity index (χ2v) is 5.66. The number of thiol groups is 1. The number of halogens is 1. The number of nitrogens with zero attached hydrogens (tertiary/aromatic N) is 1. The summed E-state index contributed by atoms with van der Waals surface area (Å²) in [6.45, 7) is 0.748. The maximum absolute atomic E-state index is 12.2. The van der Waals surface area contributed by atoms with Crippen LogP contribution in [0.2, 0.25) is 5.02 Å². The molecule has 0 atom stereocenters. The van der Waals surface area contributed by atoms with Gasteiger partial charge in [-0.15, -0.1) is 0 Å². The van der Waals surface area contributed by atoms with Crippen molar-refractivity contribution in [3.63, 3.8) is 0 Å². The first-order valence-corrected chi connectivity index (χ1v) is 7.29. The Morgan fingerprint density at radius 3 is 2.42 bits per heavy atom. The van der Waals surface area contributed by atoms with E-state index in [2.05, 4.69) is 0 Å². The third-order valence-corrected chi connectivity index (χ3v) is 4.22. The molecule has 1 aliphatic rings. The molecule has 102 valence electrons.